The number of nitrogens with one attached hydrogen (secondary N) is 1. The first kappa shape index (κ1) is 14.3. The van der Waals surface area contributed by atoms with Crippen LogP contribution < -0.4 is 5.32 Å². The van der Waals surface area contributed by atoms with E-state index in [9.17, 15) is 0 Å². The monoisotopic (exact) mass is 281 g/mol. The topological polar surface area (TPSA) is 12.0 Å². The van der Waals surface area contributed by atoms with Crippen LogP contribution in [0, 0.1) is 6.92 Å². The average Bonchev–Trinajstić information content (AvgIpc) is 2.39. The summed E-state index contributed by atoms with van der Waals surface area (Å²) < 4.78 is 0. The van der Waals surface area contributed by atoms with Gasteiger partial charge in [-0.25, -0.2) is 0 Å². The zero-order chi connectivity index (χ0) is 13.0. The fraction of sp³-hybridized carbons (Fsp3) is 0.600. The molecule has 0 spiro atoms. The number of hydrogen-bond acceptors (Lipinski definition) is 3. The minimum absolute atomic E-state index is 0.584. The van der Waals surface area contributed by atoms with Crippen molar-refractivity contribution in [2.24, 2.45) is 0 Å². The van der Waals surface area contributed by atoms with Crippen molar-refractivity contribution in [3.05, 3.63) is 35.4 Å². The van der Waals surface area contributed by atoms with E-state index in [4.69, 9.17) is 0 Å². The van der Waals surface area contributed by atoms with Crippen molar-refractivity contribution in [3.8, 4) is 0 Å². The Bertz CT molecular complexity index is 363. The van der Waals surface area contributed by atoms with Crippen LogP contribution in [0.15, 0.2) is 24.3 Å². The second-order valence-electron chi connectivity index (χ2n) is 5.00. The largest absolute Gasteiger partial charge is 0.316 e. The fourth-order valence-corrected chi connectivity index (χ4v) is 5.45. The van der Waals surface area contributed by atoms with Crippen molar-refractivity contribution in [1.82, 2.24) is 5.32 Å². The molecule has 3 atom stereocenters. The fourth-order valence-electron chi connectivity index (χ4n) is 2.45. The molecular weight excluding hydrogens is 258 g/mol. The summed E-state index contributed by atoms with van der Waals surface area (Å²) in [5.74, 6) is 2.61. The van der Waals surface area contributed by atoms with Crippen LogP contribution in [-0.2, 0) is 6.42 Å². The van der Waals surface area contributed by atoms with Crippen molar-refractivity contribution in [2.75, 3.05) is 18.6 Å². The van der Waals surface area contributed by atoms with Gasteiger partial charge in [-0.1, -0.05) is 36.8 Å². The van der Waals surface area contributed by atoms with Crippen LogP contribution in [0.5, 0.6) is 0 Å². The molecule has 0 aliphatic carbocycles. The van der Waals surface area contributed by atoms with Crippen molar-refractivity contribution in [1.29, 1.82) is 0 Å². The normalized spacial score (nSPS) is 25.9. The molecule has 1 nitrogen and oxygen atoms in total. The molecule has 3 unspecified atom stereocenters. The molecule has 1 N–H and O–H groups in total. The molecule has 100 valence electrons. The van der Waals surface area contributed by atoms with E-state index >= 15 is 0 Å². The van der Waals surface area contributed by atoms with Crippen LogP contribution in [0.2, 0.25) is 0 Å². The van der Waals surface area contributed by atoms with Gasteiger partial charge in [0.25, 0.3) is 0 Å². The lowest BCUT2D eigenvalue weighted by Gasteiger charge is -2.34. The number of aryl methyl sites for hydroxylation is 1. The van der Waals surface area contributed by atoms with Gasteiger partial charge in [-0.2, -0.15) is 23.5 Å². The molecule has 1 aromatic carbocycles. The molecule has 0 saturated carbocycles. The lowest BCUT2D eigenvalue weighted by Crippen LogP contribution is -2.44. The second kappa shape index (κ2) is 6.88. The molecule has 1 fully saturated rings. The van der Waals surface area contributed by atoms with Crippen LogP contribution in [0.25, 0.3) is 0 Å². The first-order valence-corrected chi connectivity index (χ1v) is 8.76. The van der Waals surface area contributed by atoms with Crippen molar-refractivity contribution >= 4 is 23.5 Å². The Morgan fingerprint density at radius 3 is 2.50 bits per heavy atom. The molecule has 2 rings (SSSR count). The summed E-state index contributed by atoms with van der Waals surface area (Å²) in [5, 5.41) is 5.02. The van der Waals surface area contributed by atoms with Crippen molar-refractivity contribution in [3.63, 3.8) is 0 Å². The van der Waals surface area contributed by atoms with E-state index in [0.717, 1.165) is 16.9 Å². The standard InChI is InChI=1S/C15H23NS2/c1-11-4-6-13(7-5-11)10-14(16-3)15-12(2)17-8-9-18-15/h4-7,12,14-16H,8-10H2,1-3H3. The zero-order valence-corrected chi connectivity index (χ0v) is 13.1. The smallest absolute Gasteiger partial charge is 0.0320 e. The first-order valence-electron chi connectivity index (χ1n) is 6.66. The molecule has 1 heterocycles. The number of hydrogen-bond donors (Lipinski definition) is 1. The average molecular weight is 281 g/mol. The Morgan fingerprint density at radius 2 is 1.89 bits per heavy atom. The first-order chi connectivity index (χ1) is 8.70. The molecule has 0 amide bonds. The van der Waals surface area contributed by atoms with Crippen LogP contribution >= 0.6 is 23.5 Å². The molecule has 1 aliphatic rings. The van der Waals surface area contributed by atoms with E-state index in [1.807, 2.05) is 0 Å². The molecule has 0 radical (unpaired) electrons. The van der Waals surface area contributed by atoms with E-state index < -0.39 is 0 Å². The van der Waals surface area contributed by atoms with Gasteiger partial charge in [0.15, 0.2) is 0 Å². The summed E-state index contributed by atoms with van der Waals surface area (Å²) in [7, 11) is 2.10. The number of benzene rings is 1. The Balaban J connectivity index is 2.02. The van der Waals surface area contributed by atoms with Gasteiger partial charge >= 0.3 is 0 Å². The molecular formula is C15H23NS2. The Morgan fingerprint density at radius 1 is 1.22 bits per heavy atom. The summed E-state index contributed by atoms with van der Waals surface area (Å²) in [5.41, 5.74) is 2.79. The molecule has 0 bridgehead atoms. The summed E-state index contributed by atoms with van der Waals surface area (Å²) in [6.45, 7) is 4.52. The van der Waals surface area contributed by atoms with E-state index in [1.165, 1.54) is 22.6 Å². The number of rotatable bonds is 4. The molecule has 1 aliphatic heterocycles. The lowest BCUT2D eigenvalue weighted by molar-refractivity contribution is 0.531. The van der Waals surface area contributed by atoms with E-state index in [1.54, 1.807) is 0 Å². The lowest BCUT2D eigenvalue weighted by atomic mass is 10.0. The quantitative estimate of drug-likeness (QED) is 0.909. The van der Waals surface area contributed by atoms with Crippen molar-refractivity contribution in [2.45, 2.75) is 36.8 Å². The van der Waals surface area contributed by atoms with Gasteiger partial charge in [0, 0.05) is 28.0 Å². The zero-order valence-electron chi connectivity index (χ0n) is 11.5. The van der Waals surface area contributed by atoms with Gasteiger partial charge in [-0.3, -0.25) is 0 Å². The van der Waals surface area contributed by atoms with E-state index in [-0.39, 0.29) is 0 Å². The number of likely N-dealkylation sites (N-methyl/N-ethyl adjacent to an activating group) is 1. The third-order valence-electron chi connectivity index (χ3n) is 3.58. The summed E-state index contributed by atoms with van der Waals surface area (Å²) >= 11 is 4.27. The van der Waals surface area contributed by atoms with Gasteiger partial charge in [0.05, 0.1) is 0 Å². The molecule has 1 saturated heterocycles. The summed E-state index contributed by atoms with van der Waals surface area (Å²) in [6.07, 6.45) is 1.14. The minimum atomic E-state index is 0.584. The van der Waals surface area contributed by atoms with Crippen molar-refractivity contribution < 1.29 is 0 Å². The van der Waals surface area contributed by atoms with Crippen LogP contribution in [0.4, 0.5) is 0 Å². The maximum absolute atomic E-state index is 3.53. The Kier molecular flexibility index (Phi) is 5.46. The number of thioether (sulfide) groups is 2. The molecule has 3 heteroatoms. The van der Waals surface area contributed by atoms with Gasteiger partial charge < -0.3 is 5.32 Å². The Hall–Kier alpha value is -0.120. The van der Waals surface area contributed by atoms with E-state index in [2.05, 4.69) is 74.0 Å². The van der Waals surface area contributed by atoms with Gasteiger partial charge in [-0.15, -0.1) is 0 Å². The maximum Gasteiger partial charge on any atom is 0.0320 e. The minimum Gasteiger partial charge on any atom is -0.316 e. The molecule has 18 heavy (non-hydrogen) atoms. The highest BCUT2D eigenvalue weighted by Gasteiger charge is 2.29. The predicted molar refractivity (Wildman–Crippen MR) is 85.9 cm³/mol. The SMILES string of the molecule is CNC(Cc1ccc(C)cc1)C1SCCSC1C. The van der Waals surface area contributed by atoms with Gasteiger partial charge in [0.1, 0.15) is 0 Å². The van der Waals surface area contributed by atoms with Crippen LogP contribution in [0.3, 0.4) is 0 Å². The Labute approximate surface area is 120 Å². The third kappa shape index (κ3) is 3.69. The predicted octanol–water partition coefficient (Wildman–Crippen LogP) is 3.36. The summed E-state index contributed by atoms with van der Waals surface area (Å²) in [4.78, 5) is 0. The van der Waals surface area contributed by atoms with E-state index in [0.29, 0.717) is 6.04 Å². The third-order valence-corrected chi connectivity index (χ3v) is 6.83. The van der Waals surface area contributed by atoms with Gasteiger partial charge in [-0.05, 0) is 26.0 Å². The highest BCUT2D eigenvalue weighted by molar-refractivity contribution is 8.07. The summed E-state index contributed by atoms with van der Waals surface area (Å²) in [6, 6.07) is 9.55. The highest BCUT2D eigenvalue weighted by atomic mass is 32.2. The molecule has 0 aromatic heterocycles. The maximum atomic E-state index is 3.53. The van der Waals surface area contributed by atoms with Crippen LogP contribution in [0.1, 0.15) is 18.1 Å². The van der Waals surface area contributed by atoms with Crippen LogP contribution in [-0.4, -0.2) is 35.1 Å². The second-order valence-corrected chi connectivity index (χ2v) is 7.77. The van der Waals surface area contributed by atoms with Gasteiger partial charge in [0.2, 0.25) is 0 Å². The molecule has 1 aromatic rings. The highest BCUT2D eigenvalue weighted by Crippen LogP contribution is 2.33.